The minimum atomic E-state index is 0.0445. The second-order valence-electron chi connectivity index (χ2n) is 4.94. The summed E-state index contributed by atoms with van der Waals surface area (Å²) >= 11 is 6.04. The van der Waals surface area contributed by atoms with Crippen LogP contribution in [0.1, 0.15) is 18.4 Å². The van der Waals surface area contributed by atoms with Crippen molar-refractivity contribution in [3.8, 4) is 0 Å². The van der Waals surface area contributed by atoms with E-state index in [1.807, 2.05) is 11.7 Å². The molecule has 7 heteroatoms. The summed E-state index contributed by atoms with van der Waals surface area (Å²) in [5.74, 6) is 1.24. The average molecular weight is 299 g/mol. The zero-order valence-electron chi connectivity index (χ0n) is 11.8. The Hall–Kier alpha value is -1.11. The predicted octanol–water partition coefficient (Wildman–Crippen LogP) is 1.49. The third-order valence-corrected chi connectivity index (χ3v) is 3.84. The van der Waals surface area contributed by atoms with Gasteiger partial charge in [0, 0.05) is 7.05 Å². The van der Waals surface area contributed by atoms with Gasteiger partial charge in [-0.1, -0.05) is 6.92 Å². The van der Waals surface area contributed by atoms with Crippen molar-refractivity contribution >= 4 is 22.8 Å². The third-order valence-electron chi connectivity index (χ3n) is 3.60. The van der Waals surface area contributed by atoms with Crippen LogP contribution < -0.4 is 0 Å². The van der Waals surface area contributed by atoms with E-state index in [4.69, 9.17) is 21.1 Å². The highest BCUT2D eigenvalue weighted by Gasteiger charge is 2.22. The van der Waals surface area contributed by atoms with E-state index in [2.05, 4.69) is 21.6 Å². The molecule has 0 spiro atoms. The van der Waals surface area contributed by atoms with Crippen LogP contribution >= 0.6 is 11.6 Å². The van der Waals surface area contributed by atoms with E-state index < -0.39 is 0 Å². The first-order chi connectivity index (χ1) is 9.74. The molecule has 1 atom stereocenters. The van der Waals surface area contributed by atoms with Crippen LogP contribution in [0.3, 0.4) is 0 Å². The highest BCUT2D eigenvalue weighted by molar-refractivity contribution is 6.16. The molecule has 6 nitrogen and oxygen atoms in total. The highest BCUT2D eigenvalue weighted by atomic mass is 35.5. The Morgan fingerprint density at radius 3 is 2.90 bits per heavy atom. The zero-order chi connectivity index (χ0) is 14.1. The van der Waals surface area contributed by atoms with Crippen molar-refractivity contribution in [2.24, 2.45) is 7.05 Å². The maximum atomic E-state index is 6.04. The standard InChI is InChI=1S/C13H19ClN4O2/c1-3-10-12-13(17(2)16-10)18(11(6-14)15-12)7-9-8-19-4-5-20-9/h9H,3-8H2,1-2H3. The van der Waals surface area contributed by atoms with Gasteiger partial charge in [0.2, 0.25) is 0 Å². The number of aryl methyl sites for hydroxylation is 2. The summed E-state index contributed by atoms with van der Waals surface area (Å²) in [6.45, 7) is 4.70. The topological polar surface area (TPSA) is 54.1 Å². The van der Waals surface area contributed by atoms with Crippen LogP contribution in [0.5, 0.6) is 0 Å². The van der Waals surface area contributed by atoms with Crippen molar-refractivity contribution < 1.29 is 9.47 Å². The summed E-state index contributed by atoms with van der Waals surface area (Å²) in [5.41, 5.74) is 2.96. The minimum absolute atomic E-state index is 0.0445. The predicted molar refractivity (Wildman–Crippen MR) is 76.0 cm³/mol. The van der Waals surface area contributed by atoms with Crippen molar-refractivity contribution in [3.05, 3.63) is 11.5 Å². The molecule has 0 aromatic carbocycles. The molecular formula is C13H19ClN4O2. The lowest BCUT2D eigenvalue weighted by atomic mass is 10.3. The van der Waals surface area contributed by atoms with Gasteiger partial charge in [-0.15, -0.1) is 11.6 Å². The van der Waals surface area contributed by atoms with Gasteiger partial charge in [0.25, 0.3) is 0 Å². The summed E-state index contributed by atoms with van der Waals surface area (Å²) in [5, 5.41) is 4.52. The van der Waals surface area contributed by atoms with Crippen LogP contribution in [0.2, 0.25) is 0 Å². The Morgan fingerprint density at radius 1 is 1.40 bits per heavy atom. The fourth-order valence-corrected chi connectivity index (χ4v) is 2.87. The Kier molecular flexibility index (Phi) is 3.96. The van der Waals surface area contributed by atoms with Gasteiger partial charge < -0.3 is 14.0 Å². The first kappa shape index (κ1) is 13.9. The van der Waals surface area contributed by atoms with E-state index in [0.717, 1.165) is 29.1 Å². The minimum Gasteiger partial charge on any atom is -0.376 e. The number of hydrogen-bond donors (Lipinski definition) is 0. The highest BCUT2D eigenvalue weighted by Crippen LogP contribution is 2.22. The molecule has 3 heterocycles. The molecular weight excluding hydrogens is 280 g/mol. The van der Waals surface area contributed by atoms with Crippen LogP contribution in [0.25, 0.3) is 11.2 Å². The Labute approximate surface area is 122 Å². The number of hydrogen-bond acceptors (Lipinski definition) is 4. The van der Waals surface area contributed by atoms with Crippen molar-refractivity contribution in [1.82, 2.24) is 19.3 Å². The van der Waals surface area contributed by atoms with E-state index in [0.29, 0.717) is 32.2 Å². The van der Waals surface area contributed by atoms with Crippen LogP contribution in [0.4, 0.5) is 0 Å². The summed E-state index contributed by atoms with van der Waals surface area (Å²) in [7, 11) is 1.94. The smallest absolute Gasteiger partial charge is 0.158 e. The summed E-state index contributed by atoms with van der Waals surface area (Å²) in [6, 6.07) is 0. The number of ether oxygens (including phenoxy) is 2. The molecule has 0 radical (unpaired) electrons. The number of nitrogens with zero attached hydrogens (tertiary/aromatic N) is 4. The lowest BCUT2D eigenvalue weighted by Crippen LogP contribution is -2.32. The number of imidazole rings is 1. The Balaban J connectivity index is 2.00. The molecule has 0 N–H and O–H groups in total. The molecule has 110 valence electrons. The van der Waals surface area contributed by atoms with Crippen LogP contribution in [0.15, 0.2) is 0 Å². The van der Waals surface area contributed by atoms with Gasteiger partial charge >= 0.3 is 0 Å². The molecule has 0 amide bonds. The number of halogens is 1. The maximum absolute atomic E-state index is 6.04. The molecule has 1 saturated heterocycles. The van der Waals surface area contributed by atoms with Crippen LogP contribution in [-0.4, -0.2) is 45.3 Å². The van der Waals surface area contributed by atoms with Gasteiger partial charge in [0.05, 0.1) is 44.0 Å². The van der Waals surface area contributed by atoms with Gasteiger partial charge in [-0.25, -0.2) is 4.98 Å². The second kappa shape index (κ2) is 5.71. The summed E-state index contributed by atoms with van der Waals surface area (Å²) < 4.78 is 15.2. The molecule has 1 aliphatic heterocycles. The molecule has 2 aromatic rings. The van der Waals surface area contributed by atoms with Gasteiger partial charge in [-0.05, 0) is 6.42 Å². The molecule has 20 heavy (non-hydrogen) atoms. The molecule has 1 aliphatic rings. The molecule has 0 saturated carbocycles. The largest absolute Gasteiger partial charge is 0.376 e. The SMILES string of the molecule is CCc1nn(C)c2c1nc(CCl)n2CC1COCCO1. The lowest BCUT2D eigenvalue weighted by molar-refractivity contribution is -0.0934. The number of alkyl halides is 1. The fraction of sp³-hybridized carbons (Fsp3) is 0.692. The summed E-state index contributed by atoms with van der Waals surface area (Å²) in [4.78, 5) is 4.64. The quantitative estimate of drug-likeness (QED) is 0.803. The lowest BCUT2D eigenvalue weighted by Gasteiger charge is -2.24. The second-order valence-corrected chi connectivity index (χ2v) is 5.20. The molecule has 0 aliphatic carbocycles. The van der Waals surface area contributed by atoms with Crippen LogP contribution in [-0.2, 0) is 35.4 Å². The molecule has 1 fully saturated rings. The van der Waals surface area contributed by atoms with Gasteiger partial charge in [-0.3, -0.25) is 4.68 Å². The normalized spacial score (nSPS) is 19.9. The van der Waals surface area contributed by atoms with Crippen LogP contribution in [0, 0.1) is 0 Å². The fourth-order valence-electron chi connectivity index (χ4n) is 2.66. The van der Waals surface area contributed by atoms with E-state index in [-0.39, 0.29) is 6.10 Å². The first-order valence-electron chi connectivity index (χ1n) is 6.90. The first-order valence-corrected chi connectivity index (χ1v) is 7.44. The Bertz CT molecular complexity index is 601. The van der Waals surface area contributed by atoms with Crippen molar-refractivity contribution in [2.45, 2.75) is 31.9 Å². The third kappa shape index (κ3) is 2.32. The molecule has 2 aromatic heterocycles. The number of rotatable bonds is 4. The van der Waals surface area contributed by atoms with E-state index >= 15 is 0 Å². The van der Waals surface area contributed by atoms with Gasteiger partial charge in [0.1, 0.15) is 11.3 Å². The van der Waals surface area contributed by atoms with Gasteiger partial charge in [0.15, 0.2) is 5.65 Å². The molecule has 1 unspecified atom stereocenters. The van der Waals surface area contributed by atoms with Crippen molar-refractivity contribution in [2.75, 3.05) is 19.8 Å². The Morgan fingerprint density at radius 2 is 2.25 bits per heavy atom. The van der Waals surface area contributed by atoms with E-state index in [9.17, 15) is 0 Å². The van der Waals surface area contributed by atoms with Crippen molar-refractivity contribution in [3.63, 3.8) is 0 Å². The number of aromatic nitrogens is 4. The number of fused-ring (bicyclic) bond motifs is 1. The zero-order valence-corrected chi connectivity index (χ0v) is 12.6. The monoisotopic (exact) mass is 298 g/mol. The average Bonchev–Trinajstić information content (AvgIpc) is 2.98. The maximum Gasteiger partial charge on any atom is 0.158 e. The van der Waals surface area contributed by atoms with Crippen molar-refractivity contribution in [1.29, 1.82) is 0 Å². The van der Waals surface area contributed by atoms with E-state index in [1.165, 1.54) is 0 Å². The summed E-state index contributed by atoms with van der Waals surface area (Å²) in [6.07, 6.45) is 0.905. The molecule has 0 bridgehead atoms. The molecule has 3 rings (SSSR count). The van der Waals surface area contributed by atoms with E-state index in [1.54, 1.807) is 0 Å². The van der Waals surface area contributed by atoms with Gasteiger partial charge in [-0.2, -0.15) is 5.10 Å².